The number of nitrogens with zero attached hydrogens (tertiary/aromatic N) is 4. The average molecular weight is 297 g/mol. The molecule has 0 aliphatic carbocycles. The van der Waals surface area contributed by atoms with E-state index >= 15 is 0 Å². The number of benzene rings is 1. The maximum Gasteiger partial charge on any atom is 0.235 e. The summed E-state index contributed by atoms with van der Waals surface area (Å²) >= 11 is 1.57. The lowest BCUT2D eigenvalue weighted by Crippen LogP contribution is -2.16. The van der Waals surface area contributed by atoms with Gasteiger partial charge in [0.15, 0.2) is 5.82 Å². The average Bonchev–Trinajstić information content (AvgIpc) is 3.09. The second-order valence-corrected chi connectivity index (χ2v) is 7.08. The predicted octanol–water partition coefficient (Wildman–Crippen LogP) is 3.63. The first kappa shape index (κ1) is 12.5. The van der Waals surface area contributed by atoms with Crippen LogP contribution in [0.1, 0.15) is 26.6 Å². The summed E-state index contributed by atoms with van der Waals surface area (Å²) in [4.78, 5) is 4.12. The lowest BCUT2D eigenvalue weighted by molar-refractivity contribution is 0.528. The maximum atomic E-state index is 4.72. The monoisotopic (exact) mass is 297 g/mol. The predicted molar refractivity (Wildman–Crippen MR) is 84.7 cm³/mol. The van der Waals surface area contributed by atoms with Crippen molar-refractivity contribution in [3.63, 3.8) is 0 Å². The Balaban J connectivity index is 1.93. The van der Waals surface area contributed by atoms with Gasteiger partial charge in [-0.05, 0) is 6.07 Å². The van der Waals surface area contributed by atoms with Gasteiger partial charge in [0, 0.05) is 28.1 Å². The van der Waals surface area contributed by atoms with Crippen molar-refractivity contribution in [2.75, 3.05) is 0 Å². The maximum absolute atomic E-state index is 4.72. The van der Waals surface area contributed by atoms with Crippen LogP contribution in [0.15, 0.2) is 30.5 Å². The van der Waals surface area contributed by atoms with Gasteiger partial charge in [0.2, 0.25) is 4.96 Å². The first-order chi connectivity index (χ1) is 10.0. The zero-order chi connectivity index (χ0) is 14.6. The minimum Gasteiger partial charge on any atom is -0.360 e. The molecular weight excluding hydrogens is 282 g/mol. The van der Waals surface area contributed by atoms with Crippen LogP contribution in [0.25, 0.3) is 26.4 Å². The highest BCUT2D eigenvalue weighted by Gasteiger charge is 2.24. The fraction of sp³-hybridized carbons (Fsp3) is 0.267. The number of nitrogens with one attached hydrogen (secondary N) is 1. The molecular formula is C15H15N5S. The Hall–Kier alpha value is -2.21. The summed E-state index contributed by atoms with van der Waals surface area (Å²) in [7, 11) is 0. The molecule has 1 aromatic carbocycles. The molecule has 0 saturated heterocycles. The Bertz CT molecular complexity index is 938. The van der Waals surface area contributed by atoms with Crippen molar-refractivity contribution < 1.29 is 0 Å². The molecule has 0 radical (unpaired) electrons. The number of aromatic nitrogens is 5. The molecule has 0 saturated carbocycles. The zero-order valence-corrected chi connectivity index (χ0v) is 12.9. The molecule has 0 aliphatic rings. The number of H-pyrrole nitrogens is 1. The molecule has 0 amide bonds. The van der Waals surface area contributed by atoms with Crippen molar-refractivity contribution in [3.8, 4) is 10.6 Å². The van der Waals surface area contributed by atoms with E-state index in [1.54, 1.807) is 11.3 Å². The van der Waals surface area contributed by atoms with E-state index in [4.69, 9.17) is 5.10 Å². The molecule has 0 unspecified atom stereocenters. The molecule has 0 aliphatic heterocycles. The lowest BCUT2D eigenvalue weighted by atomic mass is 9.96. The number of fused-ring (bicyclic) bond motifs is 2. The number of hydrogen-bond donors (Lipinski definition) is 1. The summed E-state index contributed by atoms with van der Waals surface area (Å²) in [6, 6.07) is 8.24. The van der Waals surface area contributed by atoms with E-state index < -0.39 is 0 Å². The smallest absolute Gasteiger partial charge is 0.235 e. The second-order valence-electron chi connectivity index (χ2n) is 6.12. The third-order valence-electron chi connectivity index (χ3n) is 3.48. The second kappa shape index (κ2) is 4.14. The highest BCUT2D eigenvalue weighted by atomic mass is 32.1. The summed E-state index contributed by atoms with van der Waals surface area (Å²) in [5.74, 6) is 0.889. The number of rotatable bonds is 1. The molecule has 1 N–H and O–H groups in total. The fourth-order valence-electron chi connectivity index (χ4n) is 2.44. The summed E-state index contributed by atoms with van der Waals surface area (Å²) in [5.41, 5.74) is 2.15. The Labute approximate surface area is 125 Å². The topological polar surface area (TPSA) is 58.9 Å². The van der Waals surface area contributed by atoms with E-state index in [-0.39, 0.29) is 5.41 Å². The largest absolute Gasteiger partial charge is 0.360 e. The van der Waals surface area contributed by atoms with E-state index in [9.17, 15) is 0 Å². The molecule has 4 rings (SSSR count). The van der Waals surface area contributed by atoms with Crippen LogP contribution in [0.3, 0.4) is 0 Å². The van der Waals surface area contributed by atoms with Gasteiger partial charge < -0.3 is 4.98 Å². The molecule has 6 heteroatoms. The quantitative estimate of drug-likeness (QED) is 0.583. The van der Waals surface area contributed by atoms with Crippen LogP contribution in [-0.4, -0.2) is 24.8 Å². The van der Waals surface area contributed by atoms with Crippen LogP contribution in [0.5, 0.6) is 0 Å². The number of aromatic amines is 1. The number of hydrogen-bond acceptors (Lipinski definition) is 4. The highest BCUT2D eigenvalue weighted by Crippen LogP contribution is 2.32. The first-order valence-electron chi connectivity index (χ1n) is 6.83. The highest BCUT2D eigenvalue weighted by molar-refractivity contribution is 7.19. The van der Waals surface area contributed by atoms with Crippen molar-refractivity contribution in [1.82, 2.24) is 24.8 Å². The summed E-state index contributed by atoms with van der Waals surface area (Å²) in [5, 5.41) is 15.4. The van der Waals surface area contributed by atoms with Gasteiger partial charge in [-0.1, -0.05) is 50.3 Å². The molecule has 0 atom stereocenters. The van der Waals surface area contributed by atoms with Crippen molar-refractivity contribution in [3.05, 3.63) is 36.3 Å². The van der Waals surface area contributed by atoms with Crippen LogP contribution in [0.4, 0.5) is 0 Å². The van der Waals surface area contributed by atoms with Gasteiger partial charge in [-0.2, -0.15) is 9.61 Å². The zero-order valence-electron chi connectivity index (χ0n) is 12.1. The van der Waals surface area contributed by atoms with Gasteiger partial charge in [-0.15, -0.1) is 10.2 Å². The van der Waals surface area contributed by atoms with Crippen molar-refractivity contribution in [1.29, 1.82) is 0 Å². The molecule has 0 spiro atoms. The number of para-hydroxylation sites is 1. The summed E-state index contributed by atoms with van der Waals surface area (Å²) < 4.78 is 1.86. The molecule has 3 heterocycles. The molecule has 106 valence electrons. The van der Waals surface area contributed by atoms with Gasteiger partial charge in [-0.3, -0.25) is 0 Å². The first-order valence-corrected chi connectivity index (χ1v) is 7.65. The Morgan fingerprint density at radius 2 is 1.95 bits per heavy atom. The molecule has 4 aromatic rings. The van der Waals surface area contributed by atoms with Gasteiger partial charge in [0.05, 0.1) is 0 Å². The fourth-order valence-corrected chi connectivity index (χ4v) is 3.31. The minimum atomic E-state index is -0.0784. The van der Waals surface area contributed by atoms with Crippen LogP contribution in [0.2, 0.25) is 0 Å². The van der Waals surface area contributed by atoms with Crippen molar-refractivity contribution in [2.45, 2.75) is 26.2 Å². The molecule has 5 nitrogen and oxygen atoms in total. The van der Waals surface area contributed by atoms with E-state index in [1.807, 2.05) is 22.8 Å². The molecule has 0 bridgehead atoms. The Morgan fingerprint density at radius 3 is 2.76 bits per heavy atom. The van der Waals surface area contributed by atoms with Gasteiger partial charge >= 0.3 is 0 Å². The molecule has 0 fully saturated rings. The normalized spacial score (nSPS) is 12.5. The van der Waals surface area contributed by atoms with E-state index in [0.717, 1.165) is 26.9 Å². The van der Waals surface area contributed by atoms with Crippen LogP contribution < -0.4 is 0 Å². The van der Waals surface area contributed by atoms with Gasteiger partial charge in [0.1, 0.15) is 5.01 Å². The van der Waals surface area contributed by atoms with Gasteiger partial charge in [0.25, 0.3) is 0 Å². The SMILES string of the molecule is CC(C)(C)c1nnc2sc(-c3c[nH]c4ccccc34)nn12. The Morgan fingerprint density at radius 1 is 1.14 bits per heavy atom. The van der Waals surface area contributed by atoms with Crippen LogP contribution in [-0.2, 0) is 5.41 Å². The van der Waals surface area contributed by atoms with E-state index in [0.29, 0.717) is 0 Å². The third-order valence-corrected chi connectivity index (χ3v) is 4.41. The molecule has 21 heavy (non-hydrogen) atoms. The minimum absolute atomic E-state index is 0.0784. The van der Waals surface area contributed by atoms with E-state index in [2.05, 4.69) is 48.1 Å². The van der Waals surface area contributed by atoms with Gasteiger partial charge in [-0.25, -0.2) is 0 Å². The third kappa shape index (κ3) is 1.86. The van der Waals surface area contributed by atoms with Crippen LogP contribution >= 0.6 is 11.3 Å². The molecule has 3 aromatic heterocycles. The van der Waals surface area contributed by atoms with Crippen molar-refractivity contribution in [2.24, 2.45) is 0 Å². The standard InChI is InChI=1S/C15H15N5S/c1-15(2,3)13-17-18-14-20(13)19-12(21-14)10-8-16-11-7-5-4-6-9(10)11/h4-8,16H,1-3H3. The Kier molecular flexibility index (Phi) is 2.47. The lowest BCUT2D eigenvalue weighted by Gasteiger charge is -2.13. The van der Waals surface area contributed by atoms with Crippen LogP contribution in [0, 0.1) is 0 Å². The summed E-state index contributed by atoms with van der Waals surface area (Å²) in [6.45, 7) is 6.36. The van der Waals surface area contributed by atoms with E-state index in [1.165, 1.54) is 5.39 Å². The van der Waals surface area contributed by atoms with Crippen molar-refractivity contribution >= 4 is 27.2 Å². The summed E-state index contributed by atoms with van der Waals surface area (Å²) in [6.07, 6.45) is 2.01.